The predicted molar refractivity (Wildman–Crippen MR) is 104 cm³/mol. The number of urea groups is 1. The first-order valence-electron chi connectivity index (χ1n) is 8.58. The Labute approximate surface area is 155 Å². The Morgan fingerprint density at radius 3 is 2.19 bits per heavy atom. The number of hydrogen-bond acceptors (Lipinski definition) is 3. The lowest BCUT2D eigenvalue weighted by molar-refractivity contribution is 0.251. The molecule has 0 spiro atoms. The van der Waals surface area contributed by atoms with Crippen molar-refractivity contribution < 1.29 is 13.2 Å². The summed E-state index contributed by atoms with van der Waals surface area (Å²) in [7, 11) is -3.49. The Morgan fingerprint density at radius 2 is 1.62 bits per heavy atom. The molecule has 6 nitrogen and oxygen atoms in total. The minimum absolute atomic E-state index is 0.215. The van der Waals surface area contributed by atoms with Gasteiger partial charge >= 0.3 is 6.03 Å². The van der Waals surface area contributed by atoms with Crippen LogP contribution in [0, 0.1) is 6.92 Å². The number of carbonyl (C=O) groups is 1. The quantitative estimate of drug-likeness (QED) is 0.779. The van der Waals surface area contributed by atoms with Crippen LogP contribution in [-0.2, 0) is 16.6 Å². The van der Waals surface area contributed by atoms with E-state index >= 15 is 0 Å². The molecule has 0 atom stereocenters. The Kier molecular flexibility index (Phi) is 6.76. The number of rotatable bonds is 7. The molecule has 0 saturated heterocycles. The van der Waals surface area contributed by atoms with Crippen LogP contribution in [0.5, 0.6) is 0 Å². The number of nitrogens with zero attached hydrogens (tertiary/aromatic N) is 1. The molecule has 0 radical (unpaired) electrons. The van der Waals surface area contributed by atoms with E-state index in [1.54, 1.807) is 26.0 Å². The molecule has 2 rings (SSSR count). The highest BCUT2D eigenvalue weighted by Crippen LogP contribution is 2.18. The molecule has 2 aromatic carbocycles. The summed E-state index contributed by atoms with van der Waals surface area (Å²) in [6.07, 6.45) is 0. The fourth-order valence-corrected chi connectivity index (χ4v) is 4.04. The maximum Gasteiger partial charge on any atom is 0.319 e. The second-order valence-electron chi connectivity index (χ2n) is 5.85. The molecule has 0 heterocycles. The number of nitrogens with one attached hydrogen (secondary N) is 2. The van der Waals surface area contributed by atoms with Gasteiger partial charge in [-0.2, -0.15) is 4.31 Å². The Balaban J connectivity index is 1.98. The summed E-state index contributed by atoms with van der Waals surface area (Å²) in [4.78, 5) is 12.2. The third-order valence-corrected chi connectivity index (χ3v) is 6.22. The summed E-state index contributed by atoms with van der Waals surface area (Å²) >= 11 is 0. The minimum atomic E-state index is -3.49. The Morgan fingerprint density at radius 1 is 1.00 bits per heavy atom. The van der Waals surface area contributed by atoms with Crippen molar-refractivity contribution >= 4 is 21.7 Å². The maximum atomic E-state index is 12.4. The van der Waals surface area contributed by atoms with Crippen molar-refractivity contribution in [3.63, 3.8) is 0 Å². The van der Waals surface area contributed by atoms with E-state index < -0.39 is 10.0 Å². The van der Waals surface area contributed by atoms with E-state index in [1.165, 1.54) is 16.4 Å². The largest absolute Gasteiger partial charge is 0.334 e. The van der Waals surface area contributed by atoms with Crippen molar-refractivity contribution in [2.24, 2.45) is 0 Å². The van der Waals surface area contributed by atoms with E-state index in [0.717, 1.165) is 11.1 Å². The van der Waals surface area contributed by atoms with Crippen LogP contribution in [0.25, 0.3) is 0 Å². The van der Waals surface area contributed by atoms with Gasteiger partial charge in [-0.05, 0) is 42.3 Å². The summed E-state index contributed by atoms with van der Waals surface area (Å²) in [5.74, 6) is 0. The van der Waals surface area contributed by atoms with Crippen LogP contribution < -0.4 is 10.6 Å². The highest BCUT2D eigenvalue weighted by molar-refractivity contribution is 7.89. The van der Waals surface area contributed by atoms with Crippen LogP contribution in [0.3, 0.4) is 0 Å². The van der Waals surface area contributed by atoms with E-state index in [2.05, 4.69) is 10.6 Å². The fraction of sp³-hybridized carbons (Fsp3) is 0.316. The smallest absolute Gasteiger partial charge is 0.319 e. The molecule has 0 unspecified atom stereocenters. The summed E-state index contributed by atoms with van der Waals surface area (Å²) in [5, 5.41) is 5.50. The predicted octanol–water partition coefficient (Wildman–Crippen LogP) is 3.35. The molecular formula is C19H25N3O3S. The third-order valence-electron chi connectivity index (χ3n) is 4.16. The van der Waals surface area contributed by atoms with Crippen molar-refractivity contribution in [3.05, 3.63) is 59.7 Å². The first kappa shape index (κ1) is 19.9. The van der Waals surface area contributed by atoms with Gasteiger partial charge < -0.3 is 10.6 Å². The van der Waals surface area contributed by atoms with Gasteiger partial charge in [-0.15, -0.1) is 0 Å². The average molecular weight is 375 g/mol. The molecule has 0 aliphatic carbocycles. The molecule has 0 aromatic heterocycles. The van der Waals surface area contributed by atoms with Gasteiger partial charge in [0.2, 0.25) is 10.0 Å². The molecule has 0 saturated carbocycles. The summed E-state index contributed by atoms with van der Waals surface area (Å²) in [6, 6.07) is 13.7. The van der Waals surface area contributed by atoms with E-state index in [-0.39, 0.29) is 10.9 Å². The standard InChI is InChI=1S/C19H25N3O3S/c1-4-22(5-2)26(24,25)18-12-10-17(11-13-18)21-19(23)20-14-16-9-7-6-8-15(16)3/h6-13H,4-5,14H2,1-3H3,(H2,20,21,23). The van der Waals surface area contributed by atoms with E-state index in [4.69, 9.17) is 0 Å². The van der Waals surface area contributed by atoms with Gasteiger partial charge in [0.1, 0.15) is 0 Å². The monoisotopic (exact) mass is 375 g/mol. The summed E-state index contributed by atoms with van der Waals surface area (Å²) in [5.41, 5.74) is 2.69. The molecule has 2 aromatic rings. The highest BCUT2D eigenvalue weighted by atomic mass is 32.2. The van der Waals surface area contributed by atoms with Crippen molar-refractivity contribution in [1.82, 2.24) is 9.62 Å². The van der Waals surface area contributed by atoms with Gasteiger partial charge in [-0.1, -0.05) is 38.1 Å². The zero-order valence-electron chi connectivity index (χ0n) is 15.3. The normalized spacial score (nSPS) is 11.4. The molecule has 2 N–H and O–H groups in total. The molecule has 7 heteroatoms. The van der Waals surface area contributed by atoms with Crippen molar-refractivity contribution in [1.29, 1.82) is 0 Å². The Hall–Kier alpha value is -2.38. The molecular weight excluding hydrogens is 350 g/mol. The molecule has 0 bridgehead atoms. The maximum absolute atomic E-state index is 12.4. The topological polar surface area (TPSA) is 78.5 Å². The SMILES string of the molecule is CCN(CC)S(=O)(=O)c1ccc(NC(=O)NCc2ccccc2C)cc1. The highest BCUT2D eigenvalue weighted by Gasteiger charge is 2.21. The summed E-state index contributed by atoms with van der Waals surface area (Å²) in [6.45, 7) is 6.85. The van der Waals surface area contributed by atoms with Gasteiger partial charge in [0, 0.05) is 25.3 Å². The first-order chi connectivity index (χ1) is 12.4. The van der Waals surface area contributed by atoms with Gasteiger partial charge in [0.25, 0.3) is 0 Å². The van der Waals surface area contributed by atoms with Gasteiger partial charge in [0.05, 0.1) is 4.90 Å². The molecule has 0 aliphatic rings. The summed E-state index contributed by atoms with van der Waals surface area (Å²) < 4.78 is 26.3. The molecule has 0 aliphatic heterocycles. The third kappa shape index (κ3) is 4.83. The molecule has 2 amide bonds. The van der Waals surface area contributed by atoms with Crippen molar-refractivity contribution in [3.8, 4) is 0 Å². The number of anilines is 1. The number of aryl methyl sites for hydroxylation is 1. The van der Waals surface area contributed by atoms with Crippen LogP contribution in [0.1, 0.15) is 25.0 Å². The Bertz CT molecular complexity index is 845. The van der Waals surface area contributed by atoms with Crippen LogP contribution in [0.2, 0.25) is 0 Å². The minimum Gasteiger partial charge on any atom is -0.334 e. The molecule has 0 fully saturated rings. The average Bonchev–Trinajstić information content (AvgIpc) is 2.62. The molecule has 26 heavy (non-hydrogen) atoms. The van der Waals surface area contributed by atoms with E-state index in [1.807, 2.05) is 31.2 Å². The second-order valence-corrected chi connectivity index (χ2v) is 7.79. The van der Waals surface area contributed by atoms with Gasteiger partial charge in [0.15, 0.2) is 0 Å². The van der Waals surface area contributed by atoms with E-state index in [0.29, 0.717) is 25.3 Å². The lowest BCUT2D eigenvalue weighted by Gasteiger charge is -2.18. The van der Waals surface area contributed by atoms with Gasteiger partial charge in [-0.25, -0.2) is 13.2 Å². The lowest BCUT2D eigenvalue weighted by Crippen LogP contribution is -2.30. The van der Waals surface area contributed by atoms with E-state index in [9.17, 15) is 13.2 Å². The number of hydrogen-bond donors (Lipinski definition) is 2. The van der Waals surface area contributed by atoms with Crippen LogP contribution >= 0.6 is 0 Å². The van der Waals surface area contributed by atoms with Crippen LogP contribution in [0.4, 0.5) is 10.5 Å². The van der Waals surface area contributed by atoms with Gasteiger partial charge in [-0.3, -0.25) is 0 Å². The van der Waals surface area contributed by atoms with Crippen molar-refractivity contribution in [2.75, 3.05) is 18.4 Å². The fourth-order valence-electron chi connectivity index (χ4n) is 2.58. The lowest BCUT2D eigenvalue weighted by atomic mass is 10.1. The van der Waals surface area contributed by atoms with Crippen LogP contribution in [0.15, 0.2) is 53.4 Å². The van der Waals surface area contributed by atoms with Crippen LogP contribution in [-0.4, -0.2) is 31.8 Å². The number of benzene rings is 2. The second kappa shape index (κ2) is 8.82. The number of sulfonamides is 1. The zero-order valence-corrected chi connectivity index (χ0v) is 16.1. The zero-order chi connectivity index (χ0) is 19.2. The molecule has 140 valence electrons. The number of carbonyl (C=O) groups excluding carboxylic acids is 1. The first-order valence-corrected chi connectivity index (χ1v) is 10.0. The number of amides is 2. The van der Waals surface area contributed by atoms with Crippen molar-refractivity contribution in [2.45, 2.75) is 32.2 Å².